The highest BCUT2D eigenvalue weighted by Gasteiger charge is 2.30. The molecule has 0 aliphatic rings. The number of aliphatic hydroxyl groups is 3. The Balaban J connectivity index is 1.99. The fourth-order valence-electron chi connectivity index (χ4n) is 2.04. The van der Waals surface area contributed by atoms with Crippen LogP contribution in [-0.4, -0.2) is 30.5 Å². The zero-order valence-corrected chi connectivity index (χ0v) is 13.2. The van der Waals surface area contributed by atoms with Crippen LogP contribution >= 0.6 is 23.3 Å². The summed E-state index contributed by atoms with van der Waals surface area (Å²) >= 11 is 2.18. The van der Waals surface area contributed by atoms with E-state index in [-0.39, 0.29) is 5.69 Å². The van der Waals surface area contributed by atoms with E-state index >= 15 is 0 Å². The van der Waals surface area contributed by atoms with E-state index < -0.39 is 5.97 Å². The maximum atomic E-state index is 9.40. The Bertz CT molecular complexity index is 798. The third-order valence-corrected chi connectivity index (χ3v) is 4.47. The number of nitrogens with two attached hydrogens (primary N) is 1. The molecule has 0 aliphatic heterocycles. The van der Waals surface area contributed by atoms with Crippen molar-refractivity contribution in [1.29, 1.82) is 0 Å². The molecule has 0 spiro atoms. The summed E-state index contributed by atoms with van der Waals surface area (Å²) in [4.78, 5) is 4.93. The molecule has 0 bridgehead atoms. The van der Waals surface area contributed by atoms with Crippen molar-refractivity contribution in [2.75, 3.05) is 5.32 Å². The number of anilines is 2. The second kappa shape index (κ2) is 6.28. The van der Waals surface area contributed by atoms with Gasteiger partial charge in [0.2, 0.25) is 0 Å². The molecule has 10 heteroatoms. The van der Waals surface area contributed by atoms with Gasteiger partial charge in [0.05, 0.1) is 16.6 Å². The van der Waals surface area contributed by atoms with Crippen LogP contribution in [0.1, 0.15) is 5.69 Å². The highest BCUT2D eigenvalue weighted by Crippen LogP contribution is 2.38. The van der Waals surface area contributed by atoms with E-state index in [2.05, 4.69) is 20.5 Å². The summed E-state index contributed by atoms with van der Waals surface area (Å²) in [7, 11) is 0. The van der Waals surface area contributed by atoms with Gasteiger partial charge < -0.3 is 20.6 Å². The maximum Gasteiger partial charge on any atom is 0.323 e. The molecular weight excluding hydrogens is 338 g/mol. The lowest BCUT2D eigenvalue weighted by atomic mass is 10.1. The van der Waals surface area contributed by atoms with E-state index in [0.717, 1.165) is 23.5 Å². The molecule has 0 saturated heterocycles. The van der Waals surface area contributed by atoms with Gasteiger partial charge in [0.25, 0.3) is 0 Å². The summed E-state index contributed by atoms with van der Waals surface area (Å²) < 4.78 is 0. The van der Waals surface area contributed by atoms with Crippen LogP contribution in [0, 0.1) is 0 Å². The van der Waals surface area contributed by atoms with Crippen molar-refractivity contribution in [2.24, 2.45) is 5.14 Å². The third kappa shape index (κ3) is 3.37. The van der Waals surface area contributed by atoms with Crippen LogP contribution in [0.5, 0.6) is 0 Å². The first-order valence-corrected chi connectivity index (χ1v) is 8.13. The van der Waals surface area contributed by atoms with Gasteiger partial charge in [0.1, 0.15) is 11.5 Å². The fraction of sp³-hybridized carbons (Fsp3) is 0.0769. The Morgan fingerprint density at radius 1 is 1.26 bits per heavy atom. The lowest BCUT2D eigenvalue weighted by Crippen LogP contribution is -2.25. The summed E-state index contributed by atoms with van der Waals surface area (Å²) in [6, 6.07) is 7.14. The molecule has 2 heterocycles. The molecule has 0 atom stereocenters. The molecule has 7 N–H and O–H groups in total. The first-order chi connectivity index (χ1) is 11.0. The predicted octanol–water partition coefficient (Wildman–Crippen LogP) is 1.33. The number of nitrogens with one attached hydrogen (secondary N) is 2. The molecule has 0 unspecified atom stereocenters. The lowest BCUT2D eigenvalue weighted by molar-refractivity contribution is -0.325. The van der Waals surface area contributed by atoms with Gasteiger partial charge in [-0.1, -0.05) is 6.07 Å². The van der Waals surface area contributed by atoms with Gasteiger partial charge in [-0.2, -0.15) is 5.10 Å². The number of aromatic amines is 1. The molecule has 3 rings (SSSR count). The van der Waals surface area contributed by atoms with E-state index in [1.807, 2.05) is 0 Å². The quantitative estimate of drug-likeness (QED) is 0.299. The predicted molar refractivity (Wildman–Crippen MR) is 87.8 cm³/mol. The van der Waals surface area contributed by atoms with Crippen molar-refractivity contribution in [3.63, 3.8) is 0 Å². The minimum absolute atomic E-state index is 0.230. The molecular formula is C13H13N5O3S2. The van der Waals surface area contributed by atoms with Gasteiger partial charge >= 0.3 is 5.97 Å². The van der Waals surface area contributed by atoms with Crippen molar-refractivity contribution in [3.05, 3.63) is 41.7 Å². The third-order valence-electron chi connectivity index (χ3n) is 3.02. The molecule has 0 aliphatic carbocycles. The Kier molecular flexibility index (Phi) is 4.35. The second-order valence-electron chi connectivity index (χ2n) is 4.59. The van der Waals surface area contributed by atoms with E-state index in [9.17, 15) is 15.3 Å². The molecule has 0 amide bonds. The highest BCUT2D eigenvalue weighted by atomic mass is 32.2. The zero-order chi connectivity index (χ0) is 16.4. The van der Waals surface area contributed by atoms with E-state index in [1.165, 1.54) is 16.8 Å². The molecule has 0 radical (unpaired) electrons. The standard InChI is InChI=1S/C13H13N5O3S2/c14-23-9-5-7(17-10-3-4-16-18-10)1-2-8(9)11-12(13(19,20)21)15-6-22-11/h1-6,19-21H,14H2,(H2,16,17,18). The molecule has 3 aromatic rings. The van der Waals surface area contributed by atoms with Gasteiger partial charge in [0.15, 0.2) is 0 Å². The molecule has 23 heavy (non-hydrogen) atoms. The van der Waals surface area contributed by atoms with Crippen LogP contribution in [0.25, 0.3) is 10.4 Å². The minimum Gasteiger partial charge on any atom is -0.341 e. The summed E-state index contributed by atoms with van der Waals surface area (Å²) in [6.07, 6.45) is 1.63. The Morgan fingerprint density at radius 2 is 2.09 bits per heavy atom. The number of hydrogen-bond donors (Lipinski definition) is 6. The smallest absolute Gasteiger partial charge is 0.323 e. The van der Waals surface area contributed by atoms with Crippen molar-refractivity contribution in [2.45, 2.75) is 10.9 Å². The van der Waals surface area contributed by atoms with Crippen LogP contribution < -0.4 is 10.5 Å². The van der Waals surface area contributed by atoms with Gasteiger partial charge in [-0.25, -0.2) is 4.98 Å². The lowest BCUT2D eigenvalue weighted by Gasteiger charge is -2.15. The largest absolute Gasteiger partial charge is 0.341 e. The number of nitrogens with zero attached hydrogens (tertiary/aromatic N) is 2. The molecule has 0 fully saturated rings. The summed E-state index contributed by atoms with van der Waals surface area (Å²) in [5.41, 5.74) is 2.61. The average molecular weight is 351 g/mol. The number of rotatable bonds is 5. The topological polar surface area (TPSA) is 140 Å². The molecule has 1 aromatic carbocycles. The first-order valence-electron chi connectivity index (χ1n) is 6.37. The fourth-order valence-corrected chi connectivity index (χ4v) is 3.47. The number of hydrogen-bond acceptors (Lipinski definition) is 9. The number of aromatic nitrogens is 3. The van der Waals surface area contributed by atoms with Crippen molar-refractivity contribution < 1.29 is 15.3 Å². The summed E-state index contributed by atoms with van der Waals surface area (Å²) in [5.74, 6) is -2.28. The van der Waals surface area contributed by atoms with Gasteiger partial charge in [-0.15, -0.1) is 11.3 Å². The molecule has 120 valence electrons. The van der Waals surface area contributed by atoms with E-state index in [4.69, 9.17) is 5.14 Å². The van der Waals surface area contributed by atoms with E-state index in [1.54, 1.807) is 30.5 Å². The molecule has 2 aromatic heterocycles. The second-order valence-corrected chi connectivity index (χ2v) is 6.12. The number of H-pyrrole nitrogens is 1. The first kappa shape index (κ1) is 15.9. The monoisotopic (exact) mass is 351 g/mol. The minimum atomic E-state index is -3.00. The average Bonchev–Trinajstić information content (AvgIpc) is 3.17. The van der Waals surface area contributed by atoms with Crippen LogP contribution in [0.15, 0.2) is 40.9 Å². The highest BCUT2D eigenvalue weighted by molar-refractivity contribution is 7.97. The summed E-state index contributed by atoms with van der Waals surface area (Å²) in [5, 5.41) is 43.7. The van der Waals surface area contributed by atoms with Gasteiger partial charge in [0, 0.05) is 22.2 Å². The number of thiazole rings is 1. The normalized spacial score (nSPS) is 11.7. The zero-order valence-electron chi connectivity index (χ0n) is 11.6. The number of benzene rings is 1. The summed E-state index contributed by atoms with van der Waals surface area (Å²) in [6.45, 7) is 0. The van der Waals surface area contributed by atoms with Crippen LogP contribution in [-0.2, 0) is 5.97 Å². The van der Waals surface area contributed by atoms with Crippen LogP contribution in [0.2, 0.25) is 0 Å². The van der Waals surface area contributed by atoms with E-state index in [0.29, 0.717) is 15.3 Å². The van der Waals surface area contributed by atoms with Gasteiger partial charge in [-0.05, 0) is 24.1 Å². The van der Waals surface area contributed by atoms with Gasteiger partial charge in [-0.3, -0.25) is 10.2 Å². The Hall–Kier alpha value is -1.95. The van der Waals surface area contributed by atoms with Crippen LogP contribution in [0.3, 0.4) is 0 Å². The maximum absolute atomic E-state index is 9.40. The Morgan fingerprint density at radius 3 is 2.74 bits per heavy atom. The van der Waals surface area contributed by atoms with Crippen molar-refractivity contribution >= 4 is 34.8 Å². The molecule has 8 nitrogen and oxygen atoms in total. The Labute approximate surface area is 139 Å². The van der Waals surface area contributed by atoms with Crippen LogP contribution in [0.4, 0.5) is 11.5 Å². The SMILES string of the molecule is NSc1cc(Nc2ccn[nH]2)ccc1-c1scnc1C(O)(O)O. The molecule has 0 saturated carbocycles. The van der Waals surface area contributed by atoms with Crippen molar-refractivity contribution in [1.82, 2.24) is 15.2 Å². The van der Waals surface area contributed by atoms with Crippen molar-refractivity contribution in [3.8, 4) is 10.4 Å².